The molecule has 0 spiro atoms. The van der Waals surface area contributed by atoms with Crippen molar-refractivity contribution in [1.82, 2.24) is 19.9 Å². The molecule has 7 heteroatoms. The molecular formula is C10H17N5O2. The van der Waals surface area contributed by atoms with Crippen molar-refractivity contribution in [3.63, 3.8) is 0 Å². The van der Waals surface area contributed by atoms with Crippen LogP contribution < -0.4 is 5.73 Å². The largest absolute Gasteiger partial charge is 0.364 e. The van der Waals surface area contributed by atoms with Gasteiger partial charge in [0.1, 0.15) is 6.54 Å². The average molecular weight is 239 g/mol. The van der Waals surface area contributed by atoms with Crippen LogP contribution in [0.1, 0.15) is 30.0 Å². The van der Waals surface area contributed by atoms with Gasteiger partial charge >= 0.3 is 0 Å². The Morgan fingerprint density at radius 3 is 2.35 bits per heavy atom. The number of primary amides is 1. The van der Waals surface area contributed by atoms with Gasteiger partial charge < -0.3 is 10.6 Å². The highest BCUT2D eigenvalue weighted by molar-refractivity contribution is 5.91. The first kappa shape index (κ1) is 13.1. The van der Waals surface area contributed by atoms with Crippen LogP contribution in [0.5, 0.6) is 0 Å². The number of hydrogen-bond acceptors (Lipinski definition) is 4. The van der Waals surface area contributed by atoms with Gasteiger partial charge in [0.05, 0.1) is 5.69 Å². The van der Waals surface area contributed by atoms with E-state index in [0.717, 1.165) is 0 Å². The molecule has 1 aromatic rings. The summed E-state index contributed by atoms with van der Waals surface area (Å²) in [5.74, 6) is -0.692. The maximum Gasteiger partial charge on any atom is 0.271 e. The maximum atomic E-state index is 11.8. The van der Waals surface area contributed by atoms with Gasteiger partial charge in [0.15, 0.2) is 5.69 Å². The summed E-state index contributed by atoms with van der Waals surface area (Å²) in [5, 5.41) is 7.39. The fraction of sp³-hybridized carbons (Fsp3) is 0.600. The van der Waals surface area contributed by atoms with E-state index in [1.54, 1.807) is 11.8 Å². The van der Waals surface area contributed by atoms with Crippen molar-refractivity contribution in [3.8, 4) is 0 Å². The summed E-state index contributed by atoms with van der Waals surface area (Å²) >= 11 is 0. The third kappa shape index (κ3) is 2.80. The lowest BCUT2D eigenvalue weighted by Crippen LogP contribution is -2.34. The summed E-state index contributed by atoms with van der Waals surface area (Å²) < 4.78 is 1.39. The van der Waals surface area contributed by atoms with Gasteiger partial charge in [0, 0.05) is 13.1 Å². The van der Waals surface area contributed by atoms with Crippen molar-refractivity contribution in [3.05, 3.63) is 11.4 Å². The molecule has 2 N–H and O–H groups in total. The van der Waals surface area contributed by atoms with E-state index >= 15 is 0 Å². The van der Waals surface area contributed by atoms with Crippen LogP contribution >= 0.6 is 0 Å². The molecule has 1 rings (SSSR count). The van der Waals surface area contributed by atoms with E-state index in [-0.39, 0.29) is 18.1 Å². The number of amides is 2. The molecule has 0 bridgehead atoms. The molecule has 17 heavy (non-hydrogen) atoms. The zero-order chi connectivity index (χ0) is 13.0. The molecule has 2 amide bonds. The Kier molecular flexibility index (Phi) is 4.19. The summed E-state index contributed by atoms with van der Waals surface area (Å²) in [5.41, 5.74) is 5.74. The van der Waals surface area contributed by atoms with E-state index in [2.05, 4.69) is 10.3 Å². The monoisotopic (exact) mass is 239 g/mol. The predicted molar refractivity (Wildman–Crippen MR) is 61.2 cm³/mol. The topological polar surface area (TPSA) is 94.1 Å². The Hall–Kier alpha value is -1.92. The number of hydrogen-bond donors (Lipinski definition) is 1. The predicted octanol–water partition coefficient (Wildman–Crippen LogP) is -0.446. The van der Waals surface area contributed by atoms with Crippen molar-refractivity contribution >= 4 is 11.8 Å². The molecule has 94 valence electrons. The van der Waals surface area contributed by atoms with E-state index in [4.69, 9.17) is 5.73 Å². The zero-order valence-corrected chi connectivity index (χ0v) is 10.3. The molecule has 0 aliphatic heterocycles. The molecule has 7 nitrogen and oxygen atoms in total. The summed E-state index contributed by atoms with van der Waals surface area (Å²) in [6.07, 6.45) is 0. The summed E-state index contributed by atoms with van der Waals surface area (Å²) in [6.45, 7) is 6.84. The Bertz CT molecular complexity index is 422. The minimum Gasteiger partial charge on any atom is -0.364 e. The van der Waals surface area contributed by atoms with Crippen LogP contribution in [-0.4, -0.2) is 44.8 Å². The van der Waals surface area contributed by atoms with Gasteiger partial charge in [-0.25, -0.2) is 4.68 Å². The number of likely N-dealkylation sites (N-methyl/N-ethyl adjacent to an activating group) is 1. The molecule has 0 saturated heterocycles. The van der Waals surface area contributed by atoms with Gasteiger partial charge in [-0.1, -0.05) is 5.21 Å². The second-order valence-electron chi connectivity index (χ2n) is 3.61. The van der Waals surface area contributed by atoms with Crippen LogP contribution in [0.3, 0.4) is 0 Å². The Morgan fingerprint density at radius 1 is 1.35 bits per heavy atom. The second kappa shape index (κ2) is 5.42. The Labute approximate surface area is 99.6 Å². The maximum absolute atomic E-state index is 11.8. The molecular weight excluding hydrogens is 222 g/mol. The van der Waals surface area contributed by atoms with Gasteiger partial charge in [-0.15, -0.1) is 5.10 Å². The van der Waals surface area contributed by atoms with Gasteiger partial charge in [-0.2, -0.15) is 0 Å². The molecule has 0 atom stereocenters. The first-order valence-corrected chi connectivity index (χ1v) is 5.48. The van der Waals surface area contributed by atoms with Crippen LogP contribution in [-0.2, 0) is 11.3 Å². The third-order valence-electron chi connectivity index (χ3n) is 2.62. The Balaban J connectivity index is 2.82. The number of aromatic nitrogens is 3. The fourth-order valence-corrected chi connectivity index (χ4v) is 1.54. The van der Waals surface area contributed by atoms with Crippen molar-refractivity contribution < 1.29 is 9.59 Å². The van der Waals surface area contributed by atoms with E-state index in [9.17, 15) is 9.59 Å². The quantitative estimate of drug-likeness (QED) is 0.753. The fourth-order valence-electron chi connectivity index (χ4n) is 1.54. The van der Waals surface area contributed by atoms with E-state index < -0.39 is 5.91 Å². The first-order chi connectivity index (χ1) is 8.01. The van der Waals surface area contributed by atoms with E-state index in [1.165, 1.54) is 4.68 Å². The van der Waals surface area contributed by atoms with Crippen LogP contribution in [0.25, 0.3) is 0 Å². The van der Waals surface area contributed by atoms with Crippen molar-refractivity contribution in [1.29, 1.82) is 0 Å². The van der Waals surface area contributed by atoms with Gasteiger partial charge in [-0.05, 0) is 20.8 Å². The van der Waals surface area contributed by atoms with Crippen molar-refractivity contribution in [2.45, 2.75) is 27.3 Å². The summed E-state index contributed by atoms with van der Waals surface area (Å²) in [7, 11) is 0. The lowest BCUT2D eigenvalue weighted by molar-refractivity contribution is -0.131. The molecule has 1 heterocycles. The molecule has 0 radical (unpaired) electrons. The number of nitrogens with two attached hydrogens (primary N) is 1. The smallest absolute Gasteiger partial charge is 0.271 e. The van der Waals surface area contributed by atoms with Gasteiger partial charge in [0.2, 0.25) is 5.91 Å². The van der Waals surface area contributed by atoms with E-state index in [1.807, 2.05) is 13.8 Å². The van der Waals surface area contributed by atoms with Crippen molar-refractivity contribution in [2.75, 3.05) is 13.1 Å². The molecule has 0 saturated carbocycles. The standard InChI is InChI=1S/C10H17N5O2/c1-4-14(5-2)8(16)6-15-7(3)9(10(11)17)12-13-15/h4-6H2,1-3H3,(H2,11,17). The van der Waals surface area contributed by atoms with E-state index in [0.29, 0.717) is 18.8 Å². The van der Waals surface area contributed by atoms with Crippen LogP contribution in [0.2, 0.25) is 0 Å². The van der Waals surface area contributed by atoms with Crippen molar-refractivity contribution in [2.24, 2.45) is 5.73 Å². The number of carbonyl (C=O) groups excluding carboxylic acids is 2. The molecule has 0 unspecified atom stereocenters. The number of carbonyl (C=O) groups is 2. The lowest BCUT2D eigenvalue weighted by atomic mass is 10.3. The molecule has 0 aliphatic carbocycles. The first-order valence-electron chi connectivity index (χ1n) is 5.48. The highest BCUT2D eigenvalue weighted by Crippen LogP contribution is 2.03. The van der Waals surface area contributed by atoms with Gasteiger partial charge in [-0.3, -0.25) is 9.59 Å². The van der Waals surface area contributed by atoms with Crippen LogP contribution in [0.15, 0.2) is 0 Å². The van der Waals surface area contributed by atoms with Gasteiger partial charge in [0.25, 0.3) is 5.91 Å². The zero-order valence-electron chi connectivity index (χ0n) is 10.3. The SMILES string of the molecule is CCN(CC)C(=O)Cn1nnc(C(N)=O)c1C. The highest BCUT2D eigenvalue weighted by atomic mass is 16.2. The minimum absolute atomic E-state index is 0.0565. The molecule has 0 fully saturated rings. The molecule has 0 aliphatic rings. The number of nitrogens with zero attached hydrogens (tertiary/aromatic N) is 4. The lowest BCUT2D eigenvalue weighted by Gasteiger charge is -2.18. The van der Waals surface area contributed by atoms with Crippen LogP contribution in [0.4, 0.5) is 0 Å². The molecule has 1 aromatic heterocycles. The molecule has 0 aromatic carbocycles. The highest BCUT2D eigenvalue weighted by Gasteiger charge is 2.17. The average Bonchev–Trinajstić information content (AvgIpc) is 2.62. The normalized spacial score (nSPS) is 10.3. The second-order valence-corrected chi connectivity index (χ2v) is 3.61. The van der Waals surface area contributed by atoms with Crippen LogP contribution in [0, 0.1) is 6.92 Å². The minimum atomic E-state index is -0.635. The summed E-state index contributed by atoms with van der Waals surface area (Å²) in [6, 6.07) is 0. The Morgan fingerprint density at radius 2 is 1.94 bits per heavy atom. The summed E-state index contributed by atoms with van der Waals surface area (Å²) in [4.78, 5) is 24.5. The third-order valence-corrected chi connectivity index (χ3v) is 2.62. The number of rotatable bonds is 5.